The number of hydrogen-bond donors (Lipinski definition) is 1. The van der Waals surface area contributed by atoms with E-state index in [1.165, 1.54) is 28.2 Å². The van der Waals surface area contributed by atoms with E-state index in [0.717, 1.165) is 16.6 Å². The van der Waals surface area contributed by atoms with Crippen molar-refractivity contribution in [2.75, 3.05) is 11.9 Å². The molecule has 0 saturated carbocycles. The Balaban J connectivity index is 2.33. The van der Waals surface area contributed by atoms with E-state index in [2.05, 4.69) is 26.2 Å². The molecule has 0 fully saturated rings. The molecule has 1 N–H and O–H groups in total. The fourth-order valence-corrected chi connectivity index (χ4v) is 2.96. The smallest absolute Gasteiger partial charge is 0.335 e. The summed E-state index contributed by atoms with van der Waals surface area (Å²) in [6.45, 7) is 2.97. The lowest BCUT2D eigenvalue weighted by Gasteiger charge is -2.04. The Hall–Kier alpha value is -1.74. The van der Waals surface area contributed by atoms with Crippen LogP contribution in [0, 0.1) is 10.1 Å². The standard InChI is InChI=1S/C11H11BrN4O3S/c1-2-13-11-14-4-8(20-11)6-15-5-7(12)3-9(10(15)17)16(18)19/h3-5H,2,6H2,1H3,(H,13,14). The van der Waals surface area contributed by atoms with Gasteiger partial charge >= 0.3 is 11.2 Å². The number of nitrogens with zero attached hydrogens (tertiary/aromatic N) is 3. The van der Waals surface area contributed by atoms with Crippen LogP contribution < -0.4 is 10.9 Å². The third kappa shape index (κ3) is 3.23. The molecule has 0 aromatic carbocycles. The number of aromatic nitrogens is 2. The third-order valence-corrected chi connectivity index (χ3v) is 3.81. The van der Waals surface area contributed by atoms with Gasteiger partial charge in [0.2, 0.25) is 0 Å². The molecule has 0 unspecified atom stereocenters. The van der Waals surface area contributed by atoms with Gasteiger partial charge in [0.1, 0.15) is 0 Å². The van der Waals surface area contributed by atoms with Gasteiger partial charge in [-0.15, -0.1) is 11.3 Å². The molecule has 0 aliphatic carbocycles. The van der Waals surface area contributed by atoms with Gasteiger partial charge in [0.15, 0.2) is 5.13 Å². The van der Waals surface area contributed by atoms with Crippen LogP contribution in [0.25, 0.3) is 0 Å². The van der Waals surface area contributed by atoms with Crippen molar-refractivity contribution in [1.29, 1.82) is 0 Å². The third-order valence-electron chi connectivity index (χ3n) is 2.44. The molecule has 0 amide bonds. The van der Waals surface area contributed by atoms with Crippen molar-refractivity contribution in [2.45, 2.75) is 13.5 Å². The Bertz CT molecular complexity index is 697. The highest BCUT2D eigenvalue weighted by atomic mass is 79.9. The summed E-state index contributed by atoms with van der Waals surface area (Å²) in [5.74, 6) is 0. The molecule has 0 saturated heterocycles. The fraction of sp³-hybridized carbons (Fsp3) is 0.273. The molecule has 0 radical (unpaired) electrons. The van der Waals surface area contributed by atoms with Crippen LogP contribution in [0.5, 0.6) is 0 Å². The second kappa shape index (κ2) is 6.14. The van der Waals surface area contributed by atoms with Crippen LogP contribution >= 0.6 is 27.3 Å². The van der Waals surface area contributed by atoms with E-state index in [1.807, 2.05) is 6.92 Å². The first-order valence-electron chi connectivity index (χ1n) is 5.74. The monoisotopic (exact) mass is 358 g/mol. The Kier molecular flexibility index (Phi) is 4.50. The number of pyridine rings is 1. The number of hydrogen-bond acceptors (Lipinski definition) is 6. The first-order valence-corrected chi connectivity index (χ1v) is 7.35. The van der Waals surface area contributed by atoms with Crippen molar-refractivity contribution in [3.63, 3.8) is 0 Å². The average molecular weight is 359 g/mol. The van der Waals surface area contributed by atoms with Crippen LogP contribution in [0.4, 0.5) is 10.8 Å². The average Bonchev–Trinajstić information content (AvgIpc) is 2.81. The van der Waals surface area contributed by atoms with E-state index >= 15 is 0 Å². The van der Waals surface area contributed by atoms with Crippen LogP contribution in [0.15, 0.2) is 27.7 Å². The molecule has 0 bridgehead atoms. The first kappa shape index (κ1) is 14.7. The lowest BCUT2D eigenvalue weighted by atomic mass is 10.4. The van der Waals surface area contributed by atoms with E-state index in [0.29, 0.717) is 4.47 Å². The zero-order valence-electron chi connectivity index (χ0n) is 10.5. The summed E-state index contributed by atoms with van der Waals surface area (Å²) in [5.41, 5.74) is -1.08. The molecule has 2 aromatic heterocycles. The van der Waals surface area contributed by atoms with Gasteiger partial charge in [-0.2, -0.15) is 0 Å². The van der Waals surface area contributed by atoms with Crippen molar-refractivity contribution in [1.82, 2.24) is 9.55 Å². The Morgan fingerprint density at radius 3 is 3.00 bits per heavy atom. The summed E-state index contributed by atoms with van der Waals surface area (Å²) < 4.78 is 1.78. The predicted octanol–water partition coefficient (Wildman–Crippen LogP) is 2.46. The van der Waals surface area contributed by atoms with E-state index in [1.54, 1.807) is 6.20 Å². The Morgan fingerprint density at radius 1 is 1.60 bits per heavy atom. The molecule has 0 atom stereocenters. The number of anilines is 1. The molecule has 0 aliphatic heterocycles. The van der Waals surface area contributed by atoms with Crippen molar-refractivity contribution in [2.24, 2.45) is 0 Å². The SMILES string of the molecule is CCNc1ncc(Cn2cc(Br)cc([N+](=O)[O-])c2=O)s1. The van der Waals surface area contributed by atoms with Crippen LogP contribution in [0.1, 0.15) is 11.8 Å². The maximum Gasteiger partial charge on any atom is 0.335 e. The Labute approximate surface area is 126 Å². The van der Waals surface area contributed by atoms with Crippen molar-refractivity contribution in [3.8, 4) is 0 Å². The van der Waals surface area contributed by atoms with Crippen LogP contribution in [-0.2, 0) is 6.54 Å². The van der Waals surface area contributed by atoms with Crippen molar-refractivity contribution < 1.29 is 4.92 Å². The molecule has 20 heavy (non-hydrogen) atoms. The molecule has 0 spiro atoms. The maximum atomic E-state index is 12.0. The molecular weight excluding hydrogens is 348 g/mol. The summed E-state index contributed by atoms with van der Waals surface area (Å²) in [7, 11) is 0. The summed E-state index contributed by atoms with van der Waals surface area (Å²) in [6.07, 6.45) is 3.18. The lowest BCUT2D eigenvalue weighted by molar-refractivity contribution is -0.386. The fourth-order valence-electron chi connectivity index (χ4n) is 1.61. The van der Waals surface area contributed by atoms with Gasteiger partial charge in [0.25, 0.3) is 0 Å². The molecule has 2 aromatic rings. The first-order chi connectivity index (χ1) is 9.51. The molecule has 7 nitrogen and oxygen atoms in total. The number of thiazole rings is 1. The van der Waals surface area contributed by atoms with E-state index in [-0.39, 0.29) is 6.54 Å². The number of halogens is 1. The topological polar surface area (TPSA) is 90.1 Å². The van der Waals surface area contributed by atoms with Gasteiger partial charge in [-0.3, -0.25) is 14.9 Å². The van der Waals surface area contributed by atoms with Crippen LogP contribution in [0.3, 0.4) is 0 Å². The van der Waals surface area contributed by atoms with Crippen molar-refractivity contribution in [3.05, 3.63) is 48.3 Å². The highest BCUT2D eigenvalue weighted by molar-refractivity contribution is 9.10. The second-order valence-electron chi connectivity index (χ2n) is 3.90. The minimum atomic E-state index is -0.680. The summed E-state index contributed by atoms with van der Waals surface area (Å²) in [5, 5.41) is 14.7. The van der Waals surface area contributed by atoms with Gasteiger partial charge in [-0.05, 0) is 22.9 Å². The van der Waals surface area contributed by atoms with E-state index in [9.17, 15) is 14.9 Å². The van der Waals surface area contributed by atoms with Gasteiger partial charge in [0, 0.05) is 34.4 Å². The van der Waals surface area contributed by atoms with Gasteiger partial charge in [-0.25, -0.2) is 4.98 Å². The quantitative estimate of drug-likeness (QED) is 0.654. The zero-order chi connectivity index (χ0) is 14.7. The highest BCUT2D eigenvalue weighted by Crippen LogP contribution is 2.20. The predicted molar refractivity (Wildman–Crippen MR) is 80.4 cm³/mol. The summed E-state index contributed by atoms with van der Waals surface area (Å²) >= 11 is 4.58. The summed E-state index contributed by atoms with van der Waals surface area (Å²) in [4.78, 5) is 27.1. The molecule has 2 rings (SSSR count). The molecule has 9 heteroatoms. The zero-order valence-corrected chi connectivity index (χ0v) is 12.9. The Morgan fingerprint density at radius 2 is 2.35 bits per heavy atom. The summed E-state index contributed by atoms with van der Waals surface area (Å²) in [6, 6.07) is 1.20. The normalized spacial score (nSPS) is 10.5. The van der Waals surface area contributed by atoms with Crippen LogP contribution in [-0.4, -0.2) is 21.0 Å². The van der Waals surface area contributed by atoms with Crippen LogP contribution in [0.2, 0.25) is 0 Å². The number of nitrogens with one attached hydrogen (secondary N) is 1. The molecular formula is C11H11BrN4O3S. The van der Waals surface area contributed by atoms with E-state index in [4.69, 9.17) is 0 Å². The number of nitro groups is 1. The maximum absolute atomic E-state index is 12.0. The van der Waals surface area contributed by atoms with Gasteiger partial charge in [-0.1, -0.05) is 0 Å². The van der Waals surface area contributed by atoms with Crippen molar-refractivity contribution >= 4 is 38.1 Å². The number of rotatable bonds is 5. The van der Waals surface area contributed by atoms with Gasteiger partial charge in [0.05, 0.1) is 11.5 Å². The second-order valence-corrected chi connectivity index (χ2v) is 5.93. The van der Waals surface area contributed by atoms with Gasteiger partial charge < -0.3 is 9.88 Å². The highest BCUT2D eigenvalue weighted by Gasteiger charge is 2.16. The molecule has 0 aliphatic rings. The minimum Gasteiger partial charge on any atom is -0.362 e. The molecule has 2 heterocycles. The minimum absolute atomic E-state index is 0.252. The largest absolute Gasteiger partial charge is 0.362 e. The lowest BCUT2D eigenvalue weighted by Crippen LogP contribution is -2.22. The molecule has 106 valence electrons. The van der Waals surface area contributed by atoms with E-state index < -0.39 is 16.2 Å².